The lowest BCUT2D eigenvalue weighted by atomic mass is 10.1. The molecule has 0 N–H and O–H groups in total. The number of carbonyl (C=O) groups is 1. The lowest BCUT2D eigenvalue weighted by Gasteiger charge is -2.38. The minimum atomic E-state index is -3.02. The van der Waals surface area contributed by atoms with Crippen molar-refractivity contribution in [2.75, 3.05) is 26.0 Å². The summed E-state index contributed by atoms with van der Waals surface area (Å²) >= 11 is 0. The molecule has 1 aliphatic heterocycles. The molecule has 0 aliphatic carbocycles. The van der Waals surface area contributed by atoms with Crippen LogP contribution < -0.4 is 4.74 Å². The van der Waals surface area contributed by atoms with Gasteiger partial charge in [-0.1, -0.05) is 19.1 Å². The summed E-state index contributed by atoms with van der Waals surface area (Å²) in [6.07, 6.45) is 0.295. The summed E-state index contributed by atoms with van der Waals surface area (Å²) in [7, 11) is -1.43. The average molecular weight is 297 g/mol. The maximum absolute atomic E-state index is 12.0. The average Bonchev–Trinajstić information content (AvgIpc) is 2.37. The number of ether oxygens (including phenoxy) is 1. The molecule has 0 spiro atoms. The molecule has 1 aromatic rings. The van der Waals surface area contributed by atoms with Crippen LogP contribution in [0.4, 0.5) is 0 Å². The van der Waals surface area contributed by atoms with Crippen LogP contribution in [0.25, 0.3) is 0 Å². The van der Waals surface area contributed by atoms with Gasteiger partial charge in [0.15, 0.2) is 9.84 Å². The Bertz CT molecular complexity index is 574. The van der Waals surface area contributed by atoms with Gasteiger partial charge in [0.2, 0.25) is 5.91 Å². The highest BCUT2D eigenvalue weighted by atomic mass is 32.2. The van der Waals surface area contributed by atoms with Gasteiger partial charge in [-0.15, -0.1) is 0 Å². The highest BCUT2D eigenvalue weighted by Gasteiger charge is 2.38. The molecule has 0 unspecified atom stereocenters. The molecule has 0 saturated carbocycles. The van der Waals surface area contributed by atoms with Crippen LogP contribution in [-0.2, 0) is 21.1 Å². The Morgan fingerprint density at radius 1 is 1.30 bits per heavy atom. The summed E-state index contributed by atoms with van der Waals surface area (Å²) in [4.78, 5) is 13.6. The van der Waals surface area contributed by atoms with Gasteiger partial charge in [0.05, 0.1) is 18.8 Å². The lowest BCUT2D eigenvalue weighted by Crippen LogP contribution is -2.57. The molecule has 110 valence electrons. The molecule has 1 saturated heterocycles. The fraction of sp³-hybridized carbons (Fsp3) is 0.500. The van der Waals surface area contributed by atoms with Crippen molar-refractivity contribution in [3.05, 3.63) is 29.8 Å². The van der Waals surface area contributed by atoms with Crippen molar-refractivity contribution in [3.8, 4) is 5.75 Å². The maximum atomic E-state index is 12.0. The molecule has 6 heteroatoms. The van der Waals surface area contributed by atoms with E-state index in [0.717, 1.165) is 11.3 Å². The van der Waals surface area contributed by atoms with E-state index in [1.165, 1.54) is 0 Å². The number of benzene rings is 1. The van der Waals surface area contributed by atoms with Gasteiger partial charge >= 0.3 is 0 Å². The van der Waals surface area contributed by atoms with Crippen molar-refractivity contribution in [3.63, 3.8) is 0 Å². The molecule has 1 fully saturated rings. The van der Waals surface area contributed by atoms with E-state index in [1.807, 2.05) is 24.3 Å². The first-order valence-corrected chi connectivity index (χ1v) is 8.30. The van der Waals surface area contributed by atoms with Crippen LogP contribution in [0.5, 0.6) is 5.75 Å². The first kappa shape index (κ1) is 14.8. The van der Waals surface area contributed by atoms with Crippen LogP contribution in [0.3, 0.4) is 0 Å². The van der Waals surface area contributed by atoms with Crippen LogP contribution in [0.15, 0.2) is 24.3 Å². The molecule has 1 aliphatic rings. The predicted molar refractivity (Wildman–Crippen MR) is 76.5 cm³/mol. The molecular formula is C14H19NO4S. The van der Waals surface area contributed by atoms with Gasteiger partial charge in [0.25, 0.3) is 0 Å². The SMILES string of the molecule is CCS(=O)(=O)C1CN(C(=O)Cc2ccc(OC)cc2)C1. The van der Waals surface area contributed by atoms with E-state index in [0.29, 0.717) is 19.5 Å². The lowest BCUT2D eigenvalue weighted by molar-refractivity contribution is -0.133. The summed E-state index contributed by atoms with van der Waals surface area (Å²) in [5.41, 5.74) is 0.901. The third-order valence-corrected chi connectivity index (χ3v) is 5.74. The molecular weight excluding hydrogens is 278 g/mol. The second kappa shape index (κ2) is 5.83. The van der Waals surface area contributed by atoms with Crippen LogP contribution in [0.2, 0.25) is 0 Å². The third kappa shape index (κ3) is 3.12. The van der Waals surface area contributed by atoms with Crippen LogP contribution in [-0.4, -0.2) is 50.4 Å². The fourth-order valence-corrected chi connectivity index (χ4v) is 3.42. The molecule has 1 aromatic carbocycles. The van der Waals surface area contributed by atoms with E-state index in [9.17, 15) is 13.2 Å². The van der Waals surface area contributed by atoms with Crippen molar-refractivity contribution in [1.29, 1.82) is 0 Å². The molecule has 0 radical (unpaired) electrons. The molecule has 0 aromatic heterocycles. The smallest absolute Gasteiger partial charge is 0.227 e. The monoisotopic (exact) mass is 297 g/mol. The van der Waals surface area contributed by atoms with E-state index in [2.05, 4.69) is 0 Å². The first-order valence-electron chi connectivity index (χ1n) is 6.58. The minimum absolute atomic E-state index is 0.0299. The number of hydrogen-bond donors (Lipinski definition) is 0. The zero-order valence-electron chi connectivity index (χ0n) is 11.7. The van der Waals surface area contributed by atoms with Crippen LogP contribution >= 0.6 is 0 Å². The zero-order valence-corrected chi connectivity index (χ0v) is 12.5. The van der Waals surface area contributed by atoms with Crippen molar-refractivity contribution < 1.29 is 17.9 Å². The number of rotatable bonds is 5. The number of likely N-dealkylation sites (tertiary alicyclic amines) is 1. The van der Waals surface area contributed by atoms with Crippen LogP contribution in [0.1, 0.15) is 12.5 Å². The molecule has 1 heterocycles. The Balaban J connectivity index is 1.88. The Morgan fingerprint density at radius 3 is 2.40 bits per heavy atom. The molecule has 5 nitrogen and oxygen atoms in total. The Labute approximate surface area is 119 Å². The third-order valence-electron chi connectivity index (χ3n) is 3.63. The highest BCUT2D eigenvalue weighted by molar-refractivity contribution is 7.92. The quantitative estimate of drug-likeness (QED) is 0.809. The van der Waals surface area contributed by atoms with E-state index in [-0.39, 0.29) is 16.9 Å². The zero-order chi connectivity index (χ0) is 14.8. The molecule has 20 heavy (non-hydrogen) atoms. The normalized spacial score (nSPS) is 15.8. The number of sulfone groups is 1. The molecule has 1 amide bonds. The number of carbonyl (C=O) groups excluding carboxylic acids is 1. The van der Waals surface area contributed by atoms with Crippen molar-refractivity contribution in [2.45, 2.75) is 18.6 Å². The van der Waals surface area contributed by atoms with Gasteiger partial charge in [-0.05, 0) is 17.7 Å². The molecule has 0 atom stereocenters. The Hall–Kier alpha value is -1.56. The van der Waals surface area contributed by atoms with Gasteiger partial charge in [-0.2, -0.15) is 0 Å². The van der Waals surface area contributed by atoms with E-state index in [4.69, 9.17) is 4.74 Å². The van der Waals surface area contributed by atoms with Gasteiger partial charge < -0.3 is 9.64 Å². The van der Waals surface area contributed by atoms with Crippen LogP contribution in [0, 0.1) is 0 Å². The summed E-state index contributed by atoms with van der Waals surface area (Å²) in [6, 6.07) is 7.31. The van der Waals surface area contributed by atoms with Crippen molar-refractivity contribution >= 4 is 15.7 Å². The molecule has 2 rings (SSSR count). The number of nitrogens with zero attached hydrogens (tertiary/aromatic N) is 1. The minimum Gasteiger partial charge on any atom is -0.497 e. The van der Waals surface area contributed by atoms with Crippen molar-refractivity contribution in [2.24, 2.45) is 0 Å². The topological polar surface area (TPSA) is 63.7 Å². The first-order chi connectivity index (χ1) is 9.46. The van der Waals surface area contributed by atoms with Gasteiger partial charge in [-0.3, -0.25) is 4.79 Å². The predicted octanol–water partition coefficient (Wildman–Crippen LogP) is 0.883. The summed E-state index contributed by atoms with van der Waals surface area (Å²) in [5.74, 6) is 0.856. The Kier molecular flexibility index (Phi) is 4.32. The maximum Gasteiger partial charge on any atom is 0.227 e. The number of methoxy groups -OCH3 is 1. The van der Waals surface area contributed by atoms with E-state index in [1.54, 1.807) is 18.9 Å². The van der Waals surface area contributed by atoms with Crippen molar-refractivity contribution in [1.82, 2.24) is 4.90 Å². The summed E-state index contributed by atoms with van der Waals surface area (Å²) in [5, 5.41) is -0.382. The number of amides is 1. The summed E-state index contributed by atoms with van der Waals surface area (Å²) < 4.78 is 28.3. The Morgan fingerprint density at radius 2 is 1.90 bits per heavy atom. The summed E-state index contributed by atoms with van der Waals surface area (Å²) in [6.45, 7) is 2.29. The van der Waals surface area contributed by atoms with E-state index < -0.39 is 9.84 Å². The number of hydrogen-bond acceptors (Lipinski definition) is 4. The standard InChI is InChI=1S/C14H19NO4S/c1-3-20(17,18)13-9-15(10-13)14(16)8-11-4-6-12(19-2)7-5-11/h4-7,13H,3,8-10H2,1-2H3. The second-order valence-corrected chi connectivity index (χ2v) is 7.47. The van der Waals surface area contributed by atoms with Gasteiger partial charge in [0, 0.05) is 18.8 Å². The fourth-order valence-electron chi connectivity index (χ4n) is 2.13. The van der Waals surface area contributed by atoms with E-state index >= 15 is 0 Å². The highest BCUT2D eigenvalue weighted by Crippen LogP contribution is 2.19. The van der Waals surface area contributed by atoms with Gasteiger partial charge in [-0.25, -0.2) is 8.42 Å². The largest absolute Gasteiger partial charge is 0.497 e. The second-order valence-electron chi connectivity index (χ2n) is 4.90. The molecule has 0 bridgehead atoms. The van der Waals surface area contributed by atoms with Gasteiger partial charge in [0.1, 0.15) is 5.75 Å².